The van der Waals surface area contributed by atoms with E-state index in [9.17, 15) is 9.59 Å². The van der Waals surface area contributed by atoms with E-state index >= 15 is 0 Å². The summed E-state index contributed by atoms with van der Waals surface area (Å²) >= 11 is 0. The molecule has 5 nitrogen and oxygen atoms in total. The Morgan fingerprint density at radius 3 is 2.63 bits per heavy atom. The Morgan fingerprint density at radius 1 is 1.21 bits per heavy atom. The quantitative estimate of drug-likeness (QED) is 0.909. The Labute approximate surface area is 110 Å². The van der Waals surface area contributed by atoms with Crippen LogP contribution in [0.25, 0.3) is 0 Å². The van der Waals surface area contributed by atoms with Gasteiger partial charge in [0, 0.05) is 18.3 Å². The van der Waals surface area contributed by atoms with Gasteiger partial charge in [-0.2, -0.15) is 5.10 Å². The number of anilines is 1. The molecule has 0 bridgehead atoms. The molecule has 1 heterocycles. The van der Waals surface area contributed by atoms with Crippen molar-refractivity contribution in [3.8, 4) is 0 Å². The number of para-hydroxylation sites is 1. The molecule has 0 aliphatic carbocycles. The zero-order valence-corrected chi connectivity index (χ0v) is 10.7. The van der Waals surface area contributed by atoms with E-state index in [1.54, 1.807) is 12.1 Å². The van der Waals surface area contributed by atoms with E-state index in [0.717, 1.165) is 6.42 Å². The first-order valence-electron chi connectivity index (χ1n) is 6.15. The number of hydrogen-bond acceptors (Lipinski definition) is 3. The minimum Gasteiger partial charge on any atom is -0.321 e. The first kappa shape index (κ1) is 13.0. The van der Waals surface area contributed by atoms with Crippen LogP contribution in [-0.4, -0.2) is 15.7 Å². The van der Waals surface area contributed by atoms with Gasteiger partial charge in [0.2, 0.25) is 0 Å². The molecule has 1 aromatic carbocycles. The highest BCUT2D eigenvalue weighted by molar-refractivity contribution is 6.02. The minimum atomic E-state index is -0.323. The largest absolute Gasteiger partial charge is 0.321 e. The third-order valence-corrected chi connectivity index (χ3v) is 2.57. The summed E-state index contributed by atoms with van der Waals surface area (Å²) in [5.41, 5.74) is 0.734. The highest BCUT2D eigenvalue weighted by Crippen LogP contribution is 2.06. The number of amides is 1. The third-order valence-electron chi connectivity index (χ3n) is 2.57. The second-order valence-corrected chi connectivity index (χ2v) is 4.10. The molecule has 0 saturated carbocycles. The Kier molecular flexibility index (Phi) is 4.07. The number of nitrogens with one attached hydrogen (secondary N) is 1. The molecular formula is C14H15N3O2. The smallest absolute Gasteiger partial charge is 0.276 e. The second-order valence-electron chi connectivity index (χ2n) is 4.10. The summed E-state index contributed by atoms with van der Waals surface area (Å²) in [6.45, 7) is 2.45. The summed E-state index contributed by atoms with van der Waals surface area (Å²) in [7, 11) is 0. The molecule has 0 saturated heterocycles. The molecule has 19 heavy (non-hydrogen) atoms. The van der Waals surface area contributed by atoms with Gasteiger partial charge in [0.1, 0.15) is 5.69 Å². The number of hydrogen-bond donors (Lipinski definition) is 1. The van der Waals surface area contributed by atoms with Crippen molar-refractivity contribution in [2.45, 2.75) is 19.9 Å². The summed E-state index contributed by atoms with van der Waals surface area (Å²) < 4.78 is 1.31. The third kappa shape index (κ3) is 3.28. The number of aromatic nitrogens is 2. The molecule has 98 valence electrons. The topological polar surface area (TPSA) is 64.0 Å². The van der Waals surface area contributed by atoms with Gasteiger partial charge < -0.3 is 5.32 Å². The maximum atomic E-state index is 12.0. The van der Waals surface area contributed by atoms with Gasteiger partial charge >= 0.3 is 0 Å². The molecule has 0 aliphatic heterocycles. The fourth-order valence-electron chi connectivity index (χ4n) is 1.66. The standard InChI is InChI=1S/C14H15N3O2/c1-2-10-17-13(18)9-8-12(16-17)14(19)15-11-6-4-3-5-7-11/h3-9H,2,10H2,1H3,(H,15,19). The fraction of sp³-hybridized carbons (Fsp3) is 0.214. The highest BCUT2D eigenvalue weighted by atomic mass is 16.2. The van der Waals surface area contributed by atoms with Crippen molar-refractivity contribution < 1.29 is 4.79 Å². The SMILES string of the molecule is CCCn1nc(C(=O)Nc2ccccc2)ccc1=O. The first-order valence-corrected chi connectivity index (χ1v) is 6.15. The number of rotatable bonds is 4. The van der Waals surface area contributed by atoms with Crippen LogP contribution in [-0.2, 0) is 6.54 Å². The molecule has 0 fully saturated rings. The maximum absolute atomic E-state index is 12.0. The van der Waals surface area contributed by atoms with Gasteiger partial charge in [0.25, 0.3) is 11.5 Å². The highest BCUT2D eigenvalue weighted by Gasteiger charge is 2.09. The molecule has 0 atom stereocenters. The lowest BCUT2D eigenvalue weighted by Gasteiger charge is -2.06. The summed E-state index contributed by atoms with van der Waals surface area (Å²) in [6.07, 6.45) is 0.788. The van der Waals surface area contributed by atoms with Crippen LogP contribution in [0, 0.1) is 0 Å². The molecule has 1 amide bonds. The van der Waals surface area contributed by atoms with E-state index in [1.807, 2.05) is 25.1 Å². The van der Waals surface area contributed by atoms with Crippen molar-refractivity contribution in [3.05, 3.63) is 58.5 Å². The lowest BCUT2D eigenvalue weighted by atomic mass is 10.3. The summed E-state index contributed by atoms with van der Waals surface area (Å²) in [5, 5.41) is 6.78. The normalized spacial score (nSPS) is 10.2. The van der Waals surface area contributed by atoms with E-state index in [1.165, 1.54) is 16.8 Å². The number of aryl methyl sites for hydroxylation is 1. The van der Waals surface area contributed by atoms with Crippen molar-refractivity contribution in [3.63, 3.8) is 0 Å². The van der Waals surface area contributed by atoms with Crippen LogP contribution >= 0.6 is 0 Å². The van der Waals surface area contributed by atoms with Crippen molar-refractivity contribution in [1.29, 1.82) is 0 Å². The lowest BCUT2D eigenvalue weighted by molar-refractivity contribution is 0.102. The fourth-order valence-corrected chi connectivity index (χ4v) is 1.66. The zero-order valence-electron chi connectivity index (χ0n) is 10.7. The van der Waals surface area contributed by atoms with Gasteiger partial charge in [-0.25, -0.2) is 4.68 Å². The van der Waals surface area contributed by atoms with E-state index in [0.29, 0.717) is 12.2 Å². The number of benzene rings is 1. The molecule has 0 radical (unpaired) electrons. The van der Waals surface area contributed by atoms with E-state index in [2.05, 4.69) is 10.4 Å². The Hall–Kier alpha value is -2.43. The van der Waals surface area contributed by atoms with Gasteiger partial charge in [-0.05, 0) is 24.6 Å². The molecule has 0 spiro atoms. The Balaban J connectivity index is 2.20. The van der Waals surface area contributed by atoms with Gasteiger partial charge in [0.15, 0.2) is 0 Å². The minimum absolute atomic E-state index is 0.196. The average Bonchev–Trinajstić information content (AvgIpc) is 2.42. The molecular weight excluding hydrogens is 242 g/mol. The lowest BCUT2D eigenvalue weighted by Crippen LogP contribution is -2.26. The van der Waals surface area contributed by atoms with Crippen molar-refractivity contribution in [2.24, 2.45) is 0 Å². The number of carbonyl (C=O) groups excluding carboxylic acids is 1. The Morgan fingerprint density at radius 2 is 1.95 bits per heavy atom. The monoisotopic (exact) mass is 257 g/mol. The van der Waals surface area contributed by atoms with Crippen LogP contribution in [0.15, 0.2) is 47.3 Å². The summed E-state index contributed by atoms with van der Waals surface area (Å²) in [4.78, 5) is 23.5. The van der Waals surface area contributed by atoms with E-state index in [-0.39, 0.29) is 17.2 Å². The second kappa shape index (κ2) is 5.95. The molecule has 0 aliphatic rings. The van der Waals surface area contributed by atoms with Crippen molar-refractivity contribution >= 4 is 11.6 Å². The number of carbonyl (C=O) groups is 1. The van der Waals surface area contributed by atoms with Crippen LogP contribution in [0.2, 0.25) is 0 Å². The summed E-state index contributed by atoms with van der Waals surface area (Å²) in [6, 6.07) is 11.9. The van der Waals surface area contributed by atoms with Crippen LogP contribution in [0.1, 0.15) is 23.8 Å². The predicted molar refractivity (Wildman–Crippen MR) is 73.2 cm³/mol. The van der Waals surface area contributed by atoms with Gasteiger partial charge in [-0.3, -0.25) is 9.59 Å². The Bertz CT molecular complexity index is 620. The molecule has 2 aromatic rings. The molecule has 5 heteroatoms. The van der Waals surface area contributed by atoms with Crippen LogP contribution in [0.4, 0.5) is 5.69 Å². The van der Waals surface area contributed by atoms with Crippen molar-refractivity contribution in [2.75, 3.05) is 5.32 Å². The van der Waals surface area contributed by atoms with E-state index in [4.69, 9.17) is 0 Å². The van der Waals surface area contributed by atoms with Gasteiger partial charge in [0.05, 0.1) is 0 Å². The van der Waals surface area contributed by atoms with Crippen LogP contribution < -0.4 is 10.9 Å². The molecule has 2 rings (SSSR count). The predicted octanol–water partition coefficient (Wildman–Crippen LogP) is 1.91. The number of nitrogens with zero attached hydrogens (tertiary/aromatic N) is 2. The molecule has 1 N–H and O–H groups in total. The van der Waals surface area contributed by atoms with Crippen LogP contribution in [0.3, 0.4) is 0 Å². The first-order chi connectivity index (χ1) is 9.20. The molecule has 1 aromatic heterocycles. The van der Waals surface area contributed by atoms with Crippen LogP contribution in [0.5, 0.6) is 0 Å². The molecule has 0 unspecified atom stereocenters. The van der Waals surface area contributed by atoms with E-state index < -0.39 is 0 Å². The van der Waals surface area contributed by atoms with Gasteiger partial charge in [-0.1, -0.05) is 25.1 Å². The zero-order chi connectivity index (χ0) is 13.7. The average molecular weight is 257 g/mol. The summed E-state index contributed by atoms with van der Waals surface area (Å²) in [5.74, 6) is -0.323. The maximum Gasteiger partial charge on any atom is 0.276 e. The van der Waals surface area contributed by atoms with Gasteiger partial charge in [-0.15, -0.1) is 0 Å². The van der Waals surface area contributed by atoms with Crippen molar-refractivity contribution in [1.82, 2.24) is 9.78 Å².